The largest absolute Gasteiger partial charge is 0.460 e. The second-order valence-electron chi connectivity index (χ2n) is 4.97. The Bertz CT molecular complexity index is 631. The van der Waals surface area contributed by atoms with Crippen LogP contribution in [0.3, 0.4) is 0 Å². The summed E-state index contributed by atoms with van der Waals surface area (Å²) in [5.41, 5.74) is 9.36. The minimum atomic E-state index is -0.316. The van der Waals surface area contributed by atoms with Gasteiger partial charge in [-0.3, -0.25) is 0 Å². The first-order valence-corrected chi connectivity index (χ1v) is 6.32. The smallest absolute Gasteiger partial charge is 0.355 e. The van der Waals surface area contributed by atoms with Crippen LogP contribution in [0.1, 0.15) is 27.5 Å². The highest BCUT2D eigenvalue weighted by molar-refractivity contribution is 5.89. The van der Waals surface area contributed by atoms with Gasteiger partial charge >= 0.3 is 5.97 Å². The van der Waals surface area contributed by atoms with Crippen molar-refractivity contribution in [1.82, 2.24) is 4.57 Å². The first-order valence-electron chi connectivity index (χ1n) is 6.32. The topological polar surface area (TPSA) is 57.2 Å². The predicted molar refractivity (Wildman–Crippen MR) is 73.0 cm³/mol. The van der Waals surface area contributed by atoms with Crippen LogP contribution in [0, 0.1) is 0 Å². The molecule has 0 aliphatic heterocycles. The van der Waals surface area contributed by atoms with Crippen molar-refractivity contribution >= 4 is 11.7 Å². The average Bonchev–Trinajstić information content (AvgIpc) is 2.69. The quantitative estimate of drug-likeness (QED) is 0.856. The van der Waals surface area contributed by atoms with E-state index in [1.807, 2.05) is 12.1 Å². The van der Waals surface area contributed by atoms with Crippen molar-refractivity contribution in [2.45, 2.75) is 12.3 Å². The van der Waals surface area contributed by atoms with Gasteiger partial charge in [0.1, 0.15) is 5.69 Å². The van der Waals surface area contributed by atoms with Crippen molar-refractivity contribution in [3.63, 3.8) is 0 Å². The summed E-state index contributed by atoms with van der Waals surface area (Å²) in [6.07, 6.45) is 2.69. The van der Waals surface area contributed by atoms with E-state index in [4.69, 9.17) is 10.5 Å². The van der Waals surface area contributed by atoms with E-state index >= 15 is 0 Å². The van der Waals surface area contributed by atoms with Crippen molar-refractivity contribution in [2.75, 3.05) is 12.3 Å². The van der Waals surface area contributed by atoms with Gasteiger partial charge in [-0.15, -0.1) is 0 Å². The molecule has 1 heterocycles. The van der Waals surface area contributed by atoms with E-state index in [-0.39, 0.29) is 5.97 Å². The van der Waals surface area contributed by atoms with Crippen LogP contribution < -0.4 is 5.73 Å². The van der Waals surface area contributed by atoms with Crippen LogP contribution in [-0.2, 0) is 18.2 Å². The molecule has 0 saturated heterocycles. The first-order chi connectivity index (χ1) is 9.15. The van der Waals surface area contributed by atoms with Gasteiger partial charge in [0.15, 0.2) is 0 Å². The molecule has 1 aliphatic rings. The lowest BCUT2D eigenvalue weighted by Crippen LogP contribution is -2.23. The van der Waals surface area contributed by atoms with Crippen LogP contribution in [-0.4, -0.2) is 17.1 Å². The molecule has 0 amide bonds. The Morgan fingerprint density at radius 2 is 2.26 bits per heavy atom. The Labute approximate surface area is 111 Å². The molecular formula is C15H16N2O2. The molecule has 19 heavy (non-hydrogen) atoms. The summed E-state index contributed by atoms with van der Waals surface area (Å²) in [5.74, 6) is 0.0151. The Hall–Kier alpha value is -2.23. The van der Waals surface area contributed by atoms with Gasteiger partial charge in [-0.05, 0) is 23.6 Å². The van der Waals surface area contributed by atoms with E-state index in [1.54, 1.807) is 23.9 Å². The molecule has 1 atom stereocenters. The molecule has 0 spiro atoms. The highest BCUT2D eigenvalue weighted by atomic mass is 16.5. The summed E-state index contributed by atoms with van der Waals surface area (Å²) in [6.45, 7) is 0.431. The number of carbonyl (C=O) groups is 1. The minimum Gasteiger partial charge on any atom is -0.460 e. The lowest BCUT2D eigenvalue weighted by Gasteiger charge is -2.29. The van der Waals surface area contributed by atoms with Crippen molar-refractivity contribution < 1.29 is 9.53 Å². The summed E-state index contributed by atoms with van der Waals surface area (Å²) in [5, 5.41) is 0. The maximum atomic E-state index is 11.9. The fraction of sp³-hybridized carbons (Fsp3) is 0.267. The van der Waals surface area contributed by atoms with Crippen LogP contribution in [0.25, 0.3) is 0 Å². The number of fused-ring (bicyclic) bond motifs is 1. The van der Waals surface area contributed by atoms with E-state index in [2.05, 4.69) is 12.1 Å². The molecule has 1 aliphatic carbocycles. The summed E-state index contributed by atoms with van der Waals surface area (Å²) >= 11 is 0. The molecule has 0 bridgehead atoms. The fourth-order valence-corrected chi connectivity index (χ4v) is 2.55. The molecule has 4 nitrogen and oxygen atoms in total. The number of aromatic nitrogens is 1. The van der Waals surface area contributed by atoms with Crippen LogP contribution in [0.4, 0.5) is 5.69 Å². The van der Waals surface area contributed by atoms with Crippen molar-refractivity contribution in [3.8, 4) is 0 Å². The monoisotopic (exact) mass is 256 g/mol. The summed E-state index contributed by atoms with van der Waals surface area (Å²) in [7, 11) is 1.78. The number of anilines is 1. The highest BCUT2D eigenvalue weighted by Crippen LogP contribution is 2.34. The van der Waals surface area contributed by atoms with Gasteiger partial charge in [0.05, 0.1) is 12.3 Å². The van der Waals surface area contributed by atoms with E-state index in [1.165, 1.54) is 11.1 Å². The lowest BCUT2D eigenvalue weighted by atomic mass is 9.78. The van der Waals surface area contributed by atoms with E-state index in [0.717, 1.165) is 6.42 Å². The number of hydrogen-bond donors (Lipinski definition) is 1. The minimum absolute atomic E-state index is 0.316. The normalized spacial score (nSPS) is 16.6. The summed E-state index contributed by atoms with van der Waals surface area (Å²) < 4.78 is 7.05. The number of rotatable bonds is 3. The van der Waals surface area contributed by atoms with Gasteiger partial charge in [-0.1, -0.05) is 24.3 Å². The van der Waals surface area contributed by atoms with E-state index in [0.29, 0.717) is 23.9 Å². The van der Waals surface area contributed by atoms with Crippen LogP contribution in [0.5, 0.6) is 0 Å². The van der Waals surface area contributed by atoms with Crippen molar-refractivity contribution in [2.24, 2.45) is 7.05 Å². The standard InChI is InChI=1S/C15H16N2O2/c1-17-8-12(16)7-14(17)15(18)19-9-11-6-10-4-2-3-5-13(10)11/h2-5,7-8,11H,6,9,16H2,1H3. The van der Waals surface area contributed by atoms with Crippen LogP contribution in [0.15, 0.2) is 36.5 Å². The summed E-state index contributed by atoms with van der Waals surface area (Å²) in [6, 6.07) is 9.90. The number of carbonyl (C=O) groups excluding carboxylic acids is 1. The number of aryl methyl sites for hydroxylation is 1. The SMILES string of the molecule is Cn1cc(N)cc1C(=O)OCC1Cc2ccccc21. The average molecular weight is 256 g/mol. The molecular weight excluding hydrogens is 240 g/mol. The first kappa shape index (κ1) is 11.8. The van der Waals surface area contributed by atoms with Gasteiger partial charge < -0.3 is 15.0 Å². The Balaban J connectivity index is 1.62. The molecule has 3 rings (SSSR count). The fourth-order valence-electron chi connectivity index (χ4n) is 2.55. The Kier molecular flexibility index (Phi) is 2.78. The Morgan fingerprint density at radius 1 is 1.47 bits per heavy atom. The molecule has 4 heteroatoms. The van der Waals surface area contributed by atoms with Gasteiger partial charge in [0.2, 0.25) is 0 Å². The predicted octanol–water partition coefficient (Wildman–Crippen LogP) is 2.10. The summed E-state index contributed by atoms with van der Waals surface area (Å²) in [4.78, 5) is 11.9. The third-order valence-corrected chi connectivity index (χ3v) is 3.61. The van der Waals surface area contributed by atoms with Crippen LogP contribution >= 0.6 is 0 Å². The zero-order valence-electron chi connectivity index (χ0n) is 10.8. The molecule has 2 aromatic rings. The third kappa shape index (κ3) is 2.10. The van der Waals surface area contributed by atoms with Crippen molar-refractivity contribution in [1.29, 1.82) is 0 Å². The Morgan fingerprint density at radius 3 is 2.95 bits per heavy atom. The van der Waals surface area contributed by atoms with E-state index in [9.17, 15) is 4.79 Å². The van der Waals surface area contributed by atoms with Crippen LogP contribution in [0.2, 0.25) is 0 Å². The van der Waals surface area contributed by atoms with Gasteiger partial charge in [0.25, 0.3) is 0 Å². The molecule has 0 radical (unpaired) electrons. The van der Waals surface area contributed by atoms with Gasteiger partial charge in [-0.25, -0.2) is 4.79 Å². The van der Waals surface area contributed by atoms with Gasteiger partial charge in [0, 0.05) is 19.2 Å². The second kappa shape index (κ2) is 4.46. The highest BCUT2D eigenvalue weighted by Gasteiger charge is 2.27. The second-order valence-corrected chi connectivity index (χ2v) is 4.97. The zero-order chi connectivity index (χ0) is 13.4. The number of benzene rings is 1. The maximum absolute atomic E-state index is 11.9. The lowest BCUT2D eigenvalue weighted by molar-refractivity contribution is 0.0458. The van der Waals surface area contributed by atoms with Gasteiger partial charge in [-0.2, -0.15) is 0 Å². The maximum Gasteiger partial charge on any atom is 0.355 e. The molecule has 2 N–H and O–H groups in total. The van der Waals surface area contributed by atoms with Crippen molar-refractivity contribution in [3.05, 3.63) is 53.3 Å². The number of hydrogen-bond acceptors (Lipinski definition) is 3. The van der Waals surface area contributed by atoms with E-state index < -0.39 is 0 Å². The third-order valence-electron chi connectivity index (χ3n) is 3.61. The molecule has 1 aromatic heterocycles. The molecule has 0 fully saturated rings. The number of esters is 1. The number of nitrogens with zero attached hydrogens (tertiary/aromatic N) is 1. The number of nitrogens with two attached hydrogens (primary N) is 1. The number of ether oxygens (including phenoxy) is 1. The number of nitrogen functional groups attached to an aromatic ring is 1. The zero-order valence-corrected chi connectivity index (χ0v) is 10.8. The molecule has 0 saturated carbocycles. The molecule has 98 valence electrons. The molecule has 1 unspecified atom stereocenters. The molecule has 1 aromatic carbocycles.